The van der Waals surface area contributed by atoms with Crippen molar-refractivity contribution in [3.05, 3.63) is 35.9 Å². The lowest BCUT2D eigenvalue weighted by molar-refractivity contribution is -0.157. The minimum atomic E-state index is -1.78. The van der Waals surface area contributed by atoms with Gasteiger partial charge in [-0.15, -0.1) is 0 Å². The highest BCUT2D eigenvalue weighted by molar-refractivity contribution is 5.99. The highest BCUT2D eigenvalue weighted by Crippen LogP contribution is 2.17. The summed E-state index contributed by atoms with van der Waals surface area (Å²) in [5, 5.41) is 50.0. The van der Waals surface area contributed by atoms with Crippen LogP contribution in [0.5, 0.6) is 0 Å². The van der Waals surface area contributed by atoms with Crippen molar-refractivity contribution in [1.29, 1.82) is 0 Å². The SMILES string of the molecule is CC[C@H](C)[C@H](NC(=O)[C@@H](Cc1ccccc1)NC)C(=O)N[C@@H](CO)C(=O)N[C@H](CCCCN)C(=O)N[C@@H](C(=O)N[C@H](C(=O)N[C@@H](CO)C(=O)N[C@H]1C(=O)N[C@@H](C)C(=O)N[C@@H](CCCCN)C(=O)N[C@@H]([C@@H](C)CC)C(=O)O[C@H]1C)[C@@H](C)CC)[C@@H](C)CC. The first-order chi connectivity index (χ1) is 40.8. The van der Waals surface area contributed by atoms with E-state index < -0.39 is 174 Å². The zero-order valence-electron chi connectivity index (χ0n) is 52.2. The van der Waals surface area contributed by atoms with E-state index in [0.717, 1.165) is 5.56 Å². The van der Waals surface area contributed by atoms with E-state index in [2.05, 4.69) is 58.5 Å². The number of ether oxygens (including phenoxy) is 1. The molecule has 0 aromatic heterocycles. The third-order valence-electron chi connectivity index (χ3n) is 16.0. The van der Waals surface area contributed by atoms with Crippen molar-refractivity contribution < 1.29 is 67.7 Å². The van der Waals surface area contributed by atoms with Crippen molar-refractivity contribution in [2.75, 3.05) is 33.4 Å². The number of aliphatic hydroxyl groups excluding tert-OH is 2. The average molecular weight is 1220 g/mol. The van der Waals surface area contributed by atoms with Crippen LogP contribution in [0, 0.1) is 23.7 Å². The second-order valence-electron chi connectivity index (χ2n) is 22.6. The van der Waals surface area contributed by atoms with Crippen LogP contribution in [0.25, 0.3) is 0 Å². The fourth-order valence-electron chi connectivity index (χ4n) is 9.30. The Balaban J connectivity index is 2.40. The second kappa shape index (κ2) is 39.1. The predicted molar refractivity (Wildman–Crippen MR) is 321 cm³/mol. The van der Waals surface area contributed by atoms with Gasteiger partial charge in [-0.2, -0.15) is 0 Å². The summed E-state index contributed by atoms with van der Waals surface area (Å²) in [7, 11) is 1.62. The van der Waals surface area contributed by atoms with Crippen LogP contribution < -0.4 is 70.0 Å². The number of carbonyl (C=O) groups excluding carboxylic acids is 11. The number of likely N-dealkylation sites (N-methyl/N-ethyl adjacent to an activating group) is 1. The smallest absolute Gasteiger partial charge is 0.329 e. The first-order valence-electron chi connectivity index (χ1n) is 30.4. The van der Waals surface area contributed by atoms with Crippen LogP contribution in [0.3, 0.4) is 0 Å². The summed E-state index contributed by atoms with van der Waals surface area (Å²) in [6, 6.07) is -5.31. The van der Waals surface area contributed by atoms with Crippen molar-refractivity contribution in [2.24, 2.45) is 35.1 Å². The van der Waals surface area contributed by atoms with Crippen LogP contribution in [0.4, 0.5) is 0 Å². The molecular formula is C59H101N13O14. The molecule has 1 aliphatic rings. The molecule has 2 rings (SSSR count). The normalized spacial score (nSPS) is 21.4. The molecule has 0 radical (unpaired) electrons. The maximum atomic E-state index is 14.4. The molecule has 16 atom stereocenters. The lowest BCUT2D eigenvalue weighted by atomic mass is 9.94. The van der Waals surface area contributed by atoms with Crippen molar-refractivity contribution in [3.63, 3.8) is 0 Å². The number of rotatable bonds is 35. The molecule has 1 aromatic carbocycles. The van der Waals surface area contributed by atoms with E-state index in [1.54, 1.807) is 55.5 Å². The van der Waals surface area contributed by atoms with Crippen LogP contribution in [0.15, 0.2) is 30.3 Å². The van der Waals surface area contributed by atoms with Crippen LogP contribution in [-0.4, -0.2) is 181 Å². The highest BCUT2D eigenvalue weighted by Gasteiger charge is 2.41. The van der Waals surface area contributed by atoms with E-state index in [0.29, 0.717) is 64.3 Å². The number of aliphatic hydroxyl groups is 2. The van der Waals surface area contributed by atoms with E-state index in [4.69, 9.17) is 16.2 Å². The summed E-state index contributed by atoms with van der Waals surface area (Å²) >= 11 is 0. The molecule has 27 nitrogen and oxygen atoms in total. The Kier molecular flexibility index (Phi) is 34.2. The minimum absolute atomic E-state index is 0.0157. The summed E-state index contributed by atoms with van der Waals surface area (Å²) in [4.78, 5) is 153. The number of hydrogen-bond donors (Lipinski definition) is 15. The van der Waals surface area contributed by atoms with Gasteiger partial charge in [0.15, 0.2) is 0 Å². The van der Waals surface area contributed by atoms with Gasteiger partial charge in [-0.3, -0.25) is 47.9 Å². The molecule has 486 valence electrons. The van der Waals surface area contributed by atoms with Crippen LogP contribution in [0.1, 0.15) is 139 Å². The number of hydrogen-bond acceptors (Lipinski definition) is 17. The molecule has 1 saturated heterocycles. The standard InChI is InChI=1S/C59H101N13O14/c1-12-32(5)44(69-52(78)41(62-11)29-38-23-17-16-18-24-38)55(81)66-42(30-73)53(79)65-40(26-20-22-28-61)50(76)68-46(34(7)14-3)57(83)70-45(33(6)13-2)56(82)67-43(31-74)54(80)72-48-37(10)86-59(85)47(35(8)15-4)71-51(77)39(25-19-21-27-60)64-49(75)36(9)63-58(48)84/h16-18,23-24,32-37,39-48,62,73-74H,12-15,19-22,25-31,60-61H2,1-11H3,(H,63,84)(H,64,75)(H,65,79)(H,66,81)(H,67,82)(H,68,76)(H,69,78)(H,70,83)(H,71,77)(H,72,80)/t32-,33-,34-,35-,36-,37-,39-,40+,41+,42-,43-,44-,45-,46+,47-,48+/m0/s1. The molecule has 1 heterocycles. The summed E-state index contributed by atoms with van der Waals surface area (Å²) in [6.45, 7) is 15.2. The highest BCUT2D eigenvalue weighted by atomic mass is 16.5. The van der Waals surface area contributed by atoms with Crippen LogP contribution in [-0.2, 0) is 63.9 Å². The van der Waals surface area contributed by atoms with Crippen molar-refractivity contribution >= 4 is 65.0 Å². The Labute approximate surface area is 506 Å². The van der Waals surface area contributed by atoms with Gasteiger partial charge in [0, 0.05) is 0 Å². The number of cyclic esters (lactones) is 1. The number of amides is 10. The van der Waals surface area contributed by atoms with Gasteiger partial charge in [0.05, 0.1) is 19.3 Å². The lowest BCUT2D eigenvalue weighted by Gasteiger charge is -2.31. The van der Waals surface area contributed by atoms with Crippen molar-refractivity contribution in [2.45, 2.75) is 212 Å². The summed E-state index contributed by atoms with van der Waals surface area (Å²) in [5.74, 6) is -11.3. The van der Waals surface area contributed by atoms with Gasteiger partial charge >= 0.3 is 5.97 Å². The van der Waals surface area contributed by atoms with Crippen molar-refractivity contribution in [3.8, 4) is 0 Å². The van der Waals surface area contributed by atoms with Gasteiger partial charge in [0.25, 0.3) is 0 Å². The Morgan fingerprint density at radius 1 is 0.558 bits per heavy atom. The van der Waals surface area contributed by atoms with Crippen LogP contribution >= 0.6 is 0 Å². The molecule has 10 amide bonds. The first-order valence-corrected chi connectivity index (χ1v) is 30.4. The molecular weight excluding hydrogens is 1110 g/mol. The topological polar surface area (TPSA) is 422 Å². The maximum absolute atomic E-state index is 14.4. The number of nitrogens with one attached hydrogen (secondary N) is 11. The molecule has 1 aliphatic heterocycles. The Morgan fingerprint density at radius 3 is 1.51 bits per heavy atom. The first kappa shape index (κ1) is 75.3. The number of benzene rings is 1. The fraction of sp³-hybridized carbons (Fsp3) is 0.712. The maximum Gasteiger partial charge on any atom is 0.329 e. The Hall–Kier alpha value is -6.81. The third-order valence-corrected chi connectivity index (χ3v) is 16.0. The summed E-state index contributed by atoms with van der Waals surface area (Å²) < 4.78 is 5.72. The van der Waals surface area contributed by atoms with Gasteiger partial charge in [-0.05, 0) is 108 Å². The zero-order chi connectivity index (χ0) is 64.8. The molecule has 0 bridgehead atoms. The van der Waals surface area contributed by atoms with Crippen molar-refractivity contribution in [1.82, 2.24) is 58.5 Å². The molecule has 1 aromatic rings. The lowest BCUT2D eigenvalue weighted by Crippen LogP contribution is -2.63. The fourth-order valence-corrected chi connectivity index (χ4v) is 9.30. The molecule has 0 aliphatic carbocycles. The largest absolute Gasteiger partial charge is 0.458 e. The molecule has 0 spiro atoms. The van der Waals surface area contributed by atoms with Gasteiger partial charge in [0.2, 0.25) is 59.1 Å². The minimum Gasteiger partial charge on any atom is -0.458 e. The molecule has 0 unspecified atom stereocenters. The van der Waals surface area contributed by atoms with Gasteiger partial charge in [-0.25, -0.2) is 4.79 Å². The van der Waals surface area contributed by atoms with Gasteiger partial charge in [0.1, 0.15) is 66.5 Å². The molecule has 1 fully saturated rings. The molecule has 86 heavy (non-hydrogen) atoms. The monoisotopic (exact) mass is 1220 g/mol. The number of esters is 1. The quantitative estimate of drug-likeness (QED) is 0.0260. The predicted octanol–water partition coefficient (Wildman–Crippen LogP) is -1.94. The van der Waals surface area contributed by atoms with Gasteiger partial charge < -0.3 is 84.9 Å². The summed E-state index contributed by atoms with van der Waals surface area (Å²) in [6.07, 6.45) is 2.33. The Bertz CT molecular complexity index is 2370. The van der Waals surface area contributed by atoms with E-state index in [1.165, 1.54) is 13.8 Å². The zero-order valence-corrected chi connectivity index (χ0v) is 52.2. The molecule has 0 saturated carbocycles. The van der Waals surface area contributed by atoms with Crippen LogP contribution in [0.2, 0.25) is 0 Å². The van der Waals surface area contributed by atoms with Gasteiger partial charge in [-0.1, -0.05) is 111 Å². The van der Waals surface area contributed by atoms with E-state index in [1.807, 2.05) is 37.3 Å². The molecule has 17 N–H and O–H groups in total. The number of carbonyl (C=O) groups is 11. The molecule has 27 heteroatoms. The number of nitrogens with two attached hydrogens (primary N) is 2. The second-order valence-corrected chi connectivity index (χ2v) is 22.6. The number of unbranched alkanes of at least 4 members (excludes halogenated alkanes) is 2. The average Bonchev–Trinajstić information content (AvgIpc) is 3.37. The Morgan fingerprint density at radius 2 is 1.02 bits per heavy atom. The third kappa shape index (κ3) is 23.8. The van der Waals surface area contributed by atoms with E-state index in [9.17, 15) is 63.0 Å². The van der Waals surface area contributed by atoms with E-state index >= 15 is 0 Å². The van der Waals surface area contributed by atoms with E-state index in [-0.39, 0.29) is 19.4 Å². The summed E-state index contributed by atoms with van der Waals surface area (Å²) in [5.41, 5.74) is 12.3.